The molecular formula is C22H24N2O3S. The van der Waals surface area contributed by atoms with Crippen molar-refractivity contribution in [2.45, 2.75) is 25.8 Å². The first-order valence-corrected chi connectivity index (χ1v) is 9.93. The zero-order valence-corrected chi connectivity index (χ0v) is 17.6. The number of hydrogen-bond acceptors (Lipinski definition) is 5. The summed E-state index contributed by atoms with van der Waals surface area (Å²) in [6, 6.07) is 11.7. The third-order valence-corrected chi connectivity index (χ3v) is 5.69. The van der Waals surface area contributed by atoms with E-state index < -0.39 is 0 Å². The lowest BCUT2D eigenvalue weighted by Gasteiger charge is -2.12. The number of thioether (sulfide) groups is 1. The molecule has 3 aromatic rings. The average molecular weight is 397 g/mol. The van der Waals surface area contributed by atoms with Gasteiger partial charge in [-0.15, -0.1) is 0 Å². The highest BCUT2D eigenvalue weighted by atomic mass is 32.2. The number of amides is 1. The van der Waals surface area contributed by atoms with Gasteiger partial charge in [-0.25, -0.2) is 4.98 Å². The first-order chi connectivity index (χ1) is 13.4. The van der Waals surface area contributed by atoms with Crippen LogP contribution in [0.3, 0.4) is 0 Å². The van der Waals surface area contributed by atoms with Crippen molar-refractivity contribution in [1.82, 2.24) is 4.98 Å². The number of nitrogens with zero attached hydrogens (tertiary/aromatic N) is 1. The smallest absolute Gasteiger partial charge is 0.234 e. The fourth-order valence-electron chi connectivity index (χ4n) is 2.91. The summed E-state index contributed by atoms with van der Waals surface area (Å²) in [5.41, 5.74) is 5.06. The highest BCUT2D eigenvalue weighted by Crippen LogP contribution is 2.30. The molecule has 0 saturated carbocycles. The molecule has 0 fully saturated rings. The Morgan fingerprint density at radius 2 is 1.71 bits per heavy atom. The second kappa shape index (κ2) is 8.52. The summed E-state index contributed by atoms with van der Waals surface area (Å²) in [5.74, 6) is 1.37. The third-order valence-electron chi connectivity index (χ3n) is 4.60. The van der Waals surface area contributed by atoms with Crippen LogP contribution >= 0.6 is 11.8 Å². The zero-order valence-electron chi connectivity index (χ0n) is 16.8. The van der Waals surface area contributed by atoms with Gasteiger partial charge in [0.15, 0.2) is 0 Å². The number of carbonyl (C=O) groups excluding carboxylic acids is 1. The van der Waals surface area contributed by atoms with Crippen LogP contribution in [0.25, 0.3) is 10.9 Å². The topological polar surface area (TPSA) is 60.5 Å². The zero-order chi connectivity index (χ0) is 20.3. The Labute approximate surface area is 169 Å². The number of ether oxygens (including phenoxy) is 2. The van der Waals surface area contributed by atoms with Crippen molar-refractivity contribution in [3.63, 3.8) is 0 Å². The van der Waals surface area contributed by atoms with Crippen LogP contribution < -0.4 is 14.8 Å². The number of carbonyl (C=O) groups is 1. The molecule has 0 unspecified atom stereocenters. The molecule has 5 nitrogen and oxygen atoms in total. The quantitative estimate of drug-likeness (QED) is 0.600. The SMILES string of the molecule is COc1ccc(OC)c(NC(=O)CSc2nc3cc(C)c(C)cc3cc2C)c1. The second-order valence-corrected chi connectivity index (χ2v) is 7.61. The standard InChI is InChI=1S/C22H24N2O3S/c1-13-8-16-9-15(3)22(24-18(16)10-14(13)2)28-12-21(25)23-19-11-17(26-4)6-7-20(19)27-5/h6-11H,12H2,1-5H3,(H,23,25). The van der Waals surface area contributed by atoms with E-state index in [-0.39, 0.29) is 11.7 Å². The number of benzene rings is 2. The Hall–Kier alpha value is -2.73. The molecule has 0 aliphatic carbocycles. The van der Waals surface area contributed by atoms with Gasteiger partial charge in [-0.1, -0.05) is 11.8 Å². The van der Waals surface area contributed by atoms with Crippen LogP contribution in [0.15, 0.2) is 41.4 Å². The van der Waals surface area contributed by atoms with Crippen molar-refractivity contribution >= 4 is 34.3 Å². The number of nitrogens with one attached hydrogen (secondary N) is 1. The molecule has 0 bridgehead atoms. The summed E-state index contributed by atoms with van der Waals surface area (Å²) in [4.78, 5) is 17.2. The number of aryl methyl sites for hydroxylation is 3. The van der Waals surface area contributed by atoms with Crippen LogP contribution in [0.1, 0.15) is 16.7 Å². The van der Waals surface area contributed by atoms with Gasteiger partial charge in [-0.05, 0) is 67.8 Å². The molecule has 0 aliphatic heterocycles. The highest BCUT2D eigenvalue weighted by molar-refractivity contribution is 8.00. The highest BCUT2D eigenvalue weighted by Gasteiger charge is 2.12. The second-order valence-electron chi connectivity index (χ2n) is 6.64. The van der Waals surface area contributed by atoms with Gasteiger partial charge >= 0.3 is 0 Å². The Morgan fingerprint density at radius 1 is 1.00 bits per heavy atom. The molecule has 1 heterocycles. The van der Waals surface area contributed by atoms with Crippen LogP contribution in [0.5, 0.6) is 11.5 Å². The van der Waals surface area contributed by atoms with E-state index in [1.54, 1.807) is 32.4 Å². The van der Waals surface area contributed by atoms with Crippen molar-refractivity contribution in [2.75, 3.05) is 25.3 Å². The van der Waals surface area contributed by atoms with E-state index in [2.05, 4.69) is 37.4 Å². The summed E-state index contributed by atoms with van der Waals surface area (Å²) in [6.45, 7) is 6.20. The van der Waals surface area contributed by atoms with Crippen LogP contribution in [0, 0.1) is 20.8 Å². The Morgan fingerprint density at radius 3 is 2.43 bits per heavy atom. The van der Waals surface area contributed by atoms with E-state index in [1.165, 1.54) is 22.9 Å². The number of rotatable bonds is 6. The van der Waals surface area contributed by atoms with E-state index in [9.17, 15) is 4.79 Å². The van der Waals surface area contributed by atoms with Gasteiger partial charge in [0, 0.05) is 11.5 Å². The third kappa shape index (κ3) is 4.39. The van der Waals surface area contributed by atoms with Crippen molar-refractivity contribution in [3.05, 3.63) is 53.1 Å². The van der Waals surface area contributed by atoms with E-state index in [0.29, 0.717) is 17.2 Å². The molecule has 1 aromatic heterocycles. The average Bonchev–Trinajstić information content (AvgIpc) is 2.67. The number of fused-ring (bicyclic) bond motifs is 1. The molecule has 0 radical (unpaired) electrons. The van der Waals surface area contributed by atoms with Gasteiger partial charge in [0.25, 0.3) is 0 Å². The number of pyridine rings is 1. The molecule has 0 spiro atoms. The predicted octanol–water partition coefficient (Wildman–Crippen LogP) is 4.91. The molecule has 0 aliphatic rings. The van der Waals surface area contributed by atoms with Crippen LogP contribution in [-0.2, 0) is 4.79 Å². The molecule has 1 N–H and O–H groups in total. The number of methoxy groups -OCH3 is 2. The van der Waals surface area contributed by atoms with Crippen molar-refractivity contribution in [1.29, 1.82) is 0 Å². The molecule has 3 rings (SSSR count). The molecule has 0 saturated heterocycles. The lowest BCUT2D eigenvalue weighted by atomic mass is 10.1. The van der Waals surface area contributed by atoms with Crippen molar-refractivity contribution in [3.8, 4) is 11.5 Å². The lowest BCUT2D eigenvalue weighted by molar-refractivity contribution is -0.113. The van der Waals surface area contributed by atoms with Gasteiger partial charge in [0.05, 0.1) is 31.2 Å². The van der Waals surface area contributed by atoms with Crippen LogP contribution in [-0.4, -0.2) is 30.9 Å². The van der Waals surface area contributed by atoms with Crippen molar-refractivity contribution in [2.24, 2.45) is 0 Å². The van der Waals surface area contributed by atoms with Crippen molar-refractivity contribution < 1.29 is 14.3 Å². The number of hydrogen-bond donors (Lipinski definition) is 1. The fraction of sp³-hybridized carbons (Fsp3) is 0.273. The minimum atomic E-state index is -0.127. The minimum absolute atomic E-state index is 0.127. The molecule has 1 amide bonds. The monoisotopic (exact) mass is 396 g/mol. The van der Waals surface area contributed by atoms with Crippen LogP contribution in [0.4, 0.5) is 5.69 Å². The molecule has 146 valence electrons. The molecular weight excluding hydrogens is 372 g/mol. The van der Waals surface area contributed by atoms with Gasteiger partial charge in [-0.3, -0.25) is 4.79 Å². The first-order valence-electron chi connectivity index (χ1n) is 8.94. The Bertz CT molecular complexity index is 1030. The molecule has 6 heteroatoms. The molecule has 28 heavy (non-hydrogen) atoms. The van der Waals surface area contributed by atoms with Gasteiger partial charge < -0.3 is 14.8 Å². The summed E-state index contributed by atoms with van der Waals surface area (Å²) >= 11 is 1.43. The largest absolute Gasteiger partial charge is 0.497 e. The van der Waals surface area contributed by atoms with Gasteiger partial charge in [0.1, 0.15) is 16.5 Å². The summed E-state index contributed by atoms with van der Waals surface area (Å²) in [7, 11) is 3.15. The minimum Gasteiger partial charge on any atom is -0.497 e. The number of aromatic nitrogens is 1. The van der Waals surface area contributed by atoms with E-state index in [4.69, 9.17) is 14.5 Å². The van der Waals surface area contributed by atoms with Gasteiger partial charge in [-0.2, -0.15) is 0 Å². The maximum atomic E-state index is 12.5. The maximum absolute atomic E-state index is 12.5. The summed E-state index contributed by atoms with van der Waals surface area (Å²) in [6.07, 6.45) is 0. The normalized spacial score (nSPS) is 10.8. The first kappa shape index (κ1) is 20.0. The van der Waals surface area contributed by atoms with E-state index >= 15 is 0 Å². The summed E-state index contributed by atoms with van der Waals surface area (Å²) < 4.78 is 10.5. The predicted molar refractivity (Wildman–Crippen MR) is 115 cm³/mol. The Balaban J connectivity index is 1.74. The van der Waals surface area contributed by atoms with E-state index in [0.717, 1.165) is 21.5 Å². The fourth-order valence-corrected chi connectivity index (χ4v) is 3.70. The molecule has 2 aromatic carbocycles. The van der Waals surface area contributed by atoms with Crippen LogP contribution in [0.2, 0.25) is 0 Å². The number of anilines is 1. The Kier molecular flexibility index (Phi) is 6.09. The molecule has 0 atom stereocenters. The summed E-state index contributed by atoms with van der Waals surface area (Å²) in [5, 5.41) is 4.87. The van der Waals surface area contributed by atoms with E-state index in [1.807, 2.05) is 6.92 Å². The lowest BCUT2D eigenvalue weighted by Crippen LogP contribution is -2.15. The van der Waals surface area contributed by atoms with Gasteiger partial charge in [0.2, 0.25) is 5.91 Å². The maximum Gasteiger partial charge on any atom is 0.234 e.